The summed E-state index contributed by atoms with van der Waals surface area (Å²) in [5.41, 5.74) is -1.57. The highest BCUT2D eigenvalue weighted by Gasteiger charge is 2.48. The van der Waals surface area contributed by atoms with Crippen molar-refractivity contribution in [2.45, 2.75) is 45.3 Å². The van der Waals surface area contributed by atoms with Crippen molar-refractivity contribution in [1.29, 1.82) is 5.26 Å². The van der Waals surface area contributed by atoms with E-state index >= 15 is 0 Å². The Morgan fingerprint density at radius 2 is 2.23 bits per heavy atom. The van der Waals surface area contributed by atoms with Gasteiger partial charge in [-0.3, -0.25) is 0 Å². The van der Waals surface area contributed by atoms with E-state index in [1.165, 1.54) is 0 Å². The average Bonchev–Trinajstić information content (AvgIpc) is 2.10. The van der Waals surface area contributed by atoms with E-state index in [0.29, 0.717) is 6.42 Å². The molecule has 0 amide bonds. The quantitative estimate of drug-likeness (QED) is 0.637. The monoisotopic (exact) mass is 182 g/mol. The number of hydrogen-bond acceptors (Lipinski definition) is 3. The van der Waals surface area contributed by atoms with Crippen LogP contribution in [0.3, 0.4) is 0 Å². The van der Waals surface area contributed by atoms with Crippen LogP contribution in [0.5, 0.6) is 0 Å². The van der Waals surface area contributed by atoms with E-state index in [1.807, 2.05) is 6.92 Å². The number of nitrogens with zero attached hydrogens (tertiary/aromatic N) is 1. The summed E-state index contributed by atoms with van der Waals surface area (Å²) in [5, 5.41) is 22.6. The molecule has 0 aromatic carbocycles. The molecule has 2 N–H and O–H groups in total. The molecule has 0 aromatic heterocycles. The van der Waals surface area contributed by atoms with Crippen LogP contribution in [-0.2, 0) is 0 Å². The van der Waals surface area contributed by atoms with Gasteiger partial charge >= 0.3 is 0 Å². The molecule has 1 heterocycles. The van der Waals surface area contributed by atoms with Crippen LogP contribution in [0.15, 0.2) is 0 Å². The van der Waals surface area contributed by atoms with Crippen molar-refractivity contribution in [2.75, 3.05) is 6.54 Å². The Kier molecular flexibility index (Phi) is 2.65. The standard InChI is InChI=1S/C10H18N2O/c1-8-10(13,5-4-6-12-8)9(2,3)7-11/h8,12-13H,4-6H2,1-3H3. The van der Waals surface area contributed by atoms with Crippen LogP contribution < -0.4 is 5.32 Å². The zero-order chi connectivity index (χ0) is 10.1. The van der Waals surface area contributed by atoms with E-state index in [0.717, 1.165) is 13.0 Å². The molecule has 0 bridgehead atoms. The summed E-state index contributed by atoms with van der Waals surface area (Å²) in [6.07, 6.45) is 1.65. The van der Waals surface area contributed by atoms with Gasteiger partial charge in [0.15, 0.2) is 0 Å². The van der Waals surface area contributed by atoms with Crippen LogP contribution >= 0.6 is 0 Å². The fourth-order valence-corrected chi connectivity index (χ4v) is 2.01. The molecule has 13 heavy (non-hydrogen) atoms. The summed E-state index contributed by atoms with van der Waals surface area (Å²) in [6.45, 7) is 6.48. The molecular weight excluding hydrogens is 164 g/mol. The van der Waals surface area contributed by atoms with Gasteiger partial charge in [-0.15, -0.1) is 0 Å². The van der Waals surface area contributed by atoms with E-state index < -0.39 is 11.0 Å². The normalized spacial score (nSPS) is 35.5. The highest BCUT2D eigenvalue weighted by Crippen LogP contribution is 2.38. The first-order valence-electron chi connectivity index (χ1n) is 4.81. The van der Waals surface area contributed by atoms with Gasteiger partial charge in [0, 0.05) is 6.04 Å². The van der Waals surface area contributed by atoms with E-state index in [-0.39, 0.29) is 6.04 Å². The first-order chi connectivity index (χ1) is 5.94. The summed E-state index contributed by atoms with van der Waals surface area (Å²) >= 11 is 0. The molecule has 1 saturated heterocycles. The van der Waals surface area contributed by atoms with Crippen molar-refractivity contribution < 1.29 is 5.11 Å². The molecule has 1 rings (SSSR count). The van der Waals surface area contributed by atoms with Crippen LogP contribution in [0.2, 0.25) is 0 Å². The number of aliphatic hydroxyl groups is 1. The van der Waals surface area contributed by atoms with Crippen molar-refractivity contribution in [1.82, 2.24) is 5.32 Å². The number of nitrogens with one attached hydrogen (secondary N) is 1. The molecule has 74 valence electrons. The number of rotatable bonds is 1. The van der Waals surface area contributed by atoms with Gasteiger partial charge in [-0.05, 0) is 40.2 Å². The molecular formula is C10H18N2O. The van der Waals surface area contributed by atoms with Crippen molar-refractivity contribution >= 4 is 0 Å². The van der Waals surface area contributed by atoms with Crippen molar-refractivity contribution in [3.63, 3.8) is 0 Å². The lowest BCUT2D eigenvalue weighted by molar-refractivity contribution is -0.0847. The SMILES string of the molecule is CC1NCCCC1(O)C(C)(C)C#N. The van der Waals surface area contributed by atoms with E-state index in [9.17, 15) is 5.11 Å². The molecule has 1 aliphatic heterocycles. The third-order valence-electron chi connectivity index (χ3n) is 3.26. The second-order valence-corrected chi connectivity index (χ2v) is 4.44. The van der Waals surface area contributed by atoms with Crippen LogP contribution in [0.1, 0.15) is 33.6 Å². The Labute approximate surface area is 79.8 Å². The fourth-order valence-electron chi connectivity index (χ4n) is 2.01. The first-order valence-corrected chi connectivity index (χ1v) is 4.81. The Morgan fingerprint density at radius 1 is 1.62 bits per heavy atom. The minimum atomic E-state index is -0.889. The zero-order valence-corrected chi connectivity index (χ0v) is 8.59. The molecule has 1 fully saturated rings. The van der Waals surface area contributed by atoms with Gasteiger partial charge in [0.1, 0.15) is 0 Å². The maximum absolute atomic E-state index is 10.4. The highest BCUT2D eigenvalue weighted by atomic mass is 16.3. The Bertz CT molecular complexity index is 232. The van der Waals surface area contributed by atoms with Gasteiger partial charge in [0.25, 0.3) is 0 Å². The summed E-state index contributed by atoms with van der Waals surface area (Å²) < 4.78 is 0. The van der Waals surface area contributed by atoms with Gasteiger partial charge in [-0.2, -0.15) is 5.26 Å². The molecule has 0 aromatic rings. The van der Waals surface area contributed by atoms with Gasteiger partial charge in [-0.25, -0.2) is 0 Å². The Morgan fingerprint density at radius 3 is 2.69 bits per heavy atom. The van der Waals surface area contributed by atoms with E-state index in [4.69, 9.17) is 5.26 Å². The maximum Gasteiger partial charge on any atom is 0.0977 e. The zero-order valence-electron chi connectivity index (χ0n) is 8.59. The maximum atomic E-state index is 10.4. The summed E-state index contributed by atoms with van der Waals surface area (Å²) in [5.74, 6) is 0. The molecule has 1 aliphatic rings. The van der Waals surface area contributed by atoms with Gasteiger partial charge < -0.3 is 10.4 Å². The van der Waals surface area contributed by atoms with Crippen LogP contribution in [0.25, 0.3) is 0 Å². The van der Waals surface area contributed by atoms with Crippen molar-refractivity contribution in [2.24, 2.45) is 5.41 Å². The summed E-state index contributed by atoms with van der Waals surface area (Å²) in [4.78, 5) is 0. The third kappa shape index (κ3) is 1.56. The molecule has 0 saturated carbocycles. The molecule has 0 spiro atoms. The Hall–Kier alpha value is -0.590. The predicted octanol–water partition coefficient (Wildman–Crippen LogP) is 1.04. The molecule has 2 atom stereocenters. The summed E-state index contributed by atoms with van der Waals surface area (Å²) in [7, 11) is 0. The number of hydrogen-bond donors (Lipinski definition) is 2. The molecule has 0 aliphatic carbocycles. The van der Waals surface area contributed by atoms with Crippen LogP contribution in [-0.4, -0.2) is 23.3 Å². The molecule has 0 radical (unpaired) electrons. The fraction of sp³-hybridized carbons (Fsp3) is 0.900. The topological polar surface area (TPSA) is 56.0 Å². The van der Waals surface area contributed by atoms with Gasteiger partial charge in [0.05, 0.1) is 17.1 Å². The molecule has 3 nitrogen and oxygen atoms in total. The Balaban J connectivity index is 2.91. The largest absolute Gasteiger partial charge is 0.387 e. The lowest BCUT2D eigenvalue weighted by Crippen LogP contribution is -2.60. The lowest BCUT2D eigenvalue weighted by atomic mass is 9.68. The summed E-state index contributed by atoms with van der Waals surface area (Å²) in [6, 6.07) is 2.19. The molecule has 3 heteroatoms. The number of piperidine rings is 1. The first kappa shape index (κ1) is 10.5. The van der Waals surface area contributed by atoms with E-state index in [2.05, 4.69) is 11.4 Å². The average molecular weight is 182 g/mol. The van der Waals surface area contributed by atoms with Gasteiger partial charge in [0.2, 0.25) is 0 Å². The smallest absolute Gasteiger partial charge is 0.0977 e. The van der Waals surface area contributed by atoms with Crippen molar-refractivity contribution in [3.8, 4) is 6.07 Å². The minimum Gasteiger partial charge on any atom is -0.387 e. The van der Waals surface area contributed by atoms with Crippen molar-refractivity contribution in [3.05, 3.63) is 0 Å². The van der Waals surface area contributed by atoms with Crippen LogP contribution in [0.4, 0.5) is 0 Å². The van der Waals surface area contributed by atoms with Crippen LogP contribution in [0, 0.1) is 16.7 Å². The second-order valence-electron chi connectivity index (χ2n) is 4.44. The minimum absolute atomic E-state index is 0.00380. The number of nitriles is 1. The predicted molar refractivity (Wildman–Crippen MR) is 51.0 cm³/mol. The molecule has 2 unspecified atom stereocenters. The van der Waals surface area contributed by atoms with Gasteiger partial charge in [-0.1, -0.05) is 0 Å². The lowest BCUT2D eigenvalue weighted by Gasteiger charge is -2.46. The second kappa shape index (κ2) is 3.28. The van der Waals surface area contributed by atoms with E-state index in [1.54, 1.807) is 13.8 Å². The highest BCUT2D eigenvalue weighted by molar-refractivity contribution is 5.11. The third-order valence-corrected chi connectivity index (χ3v) is 3.26.